The Hall–Kier alpha value is -1.71. The second-order valence-corrected chi connectivity index (χ2v) is 3.86. The molecule has 0 saturated carbocycles. The highest BCUT2D eigenvalue weighted by Crippen LogP contribution is 2.28. The van der Waals surface area contributed by atoms with Gasteiger partial charge in [0, 0.05) is 25.0 Å². The maximum Gasteiger partial charge on any atom is 0.316 e. The highest BCUT2D eigenvalue weighted by atomic mass is 16.2. The van der Waals surface area contributed by atoms with Crippen LogP contribution in [0.1, 0.15) is 12.0 Å². The minimum atomic E-state index is -0.520. The number of fused-ring (bicyclic) bond motifs is 1. The Labute approximate surface area is 89.1 Å². The quantitative estimate of drug-likeness (QED) is 0.731. The van der Waals surface area contributed by atoms with E-state index in [9.17, 15) is 4.79 Å². The highest BCUT2D eigenvalue weighted by Gasteiger charge is 2.13. The molecule has 0 atom stereocenters. The van der Waals surface area contributed by atoms with E-state index in [1.165, 1.54) is 17.7 Å². The fourth-order valence-corrected chi connectivity index (χ4v) is 1.98. The van der Waals surface area contributed by atoms with Gasteiger partial charge in [-0.3, -0.25) is 0 Å². The van der Waals surface area contributed by atoms with Gasteiger partial charge in [0.25, 0.3) is 0 Å². The molecule has 0 fully saturated rings. The van der Waals surface area contributed by atoms with Gasteiger partial charge in [0.1, 0.15) is 0 Å². The van der Waals surface area contributed by atoms with Gasteiger partial charge in [0.15, 0.2) is 0 Å². The molecular weight excluding hydrogens is 190 g/mol. The zero-order valence-electron chi connectivity index (χ0n) is 8.79. The van der Waals surface area contributed by atoms with Gasteiger partial charge in [-0.05, 0) is 30.5 Å². The first kappa shape index (κ1) is 9.83. The molecule has 0 unspecified atom stereocenters. The Kier molecular flexibility index (Phi) is 2.49. The van der Waals surface area contributed by atoms with Crippen molar-refractivity contribution in [3.05, 3.63) is 23.8 Å². The molecule has 4 heteroatoms. The number of hydrogen-bond donors (Lipinski definition) is 2. The molecule has 0 saturated heterocycles. The van der Waals surface area contributed by atoms with Gasteiger partial charge in [0.2, 0.25) is 0 Å². The SMILES string of the molecule is CN1CCCc2ccc(NC(N)=O)cc21. The predicted octanol–water partition coefficient (Wildman–Crippen LogP) is 1.56. The van der Waals surface area contributed by atoms with Crippen molar-refractivity contribution in [1.82, 2.24) is 0 Å². The van der Waals surface area contributed by atoms with E-state index in [0.29, 0.717) is 0 Å². The van der Waals surface area contributed by atoms with Crippen molar-refractivity contribution in [1.29, 1.82) is 0 Å². The molecule has 2 amide bonds. The third-order valence-electron chi connectivity index (χ3n) is 2.70. The van der Waals surface area contributed by atoms with E-state index in [2.05, 4.69) is 23.3 Å². The summed E-state index contributed by atoms with van der Waals surface area (Å²) in [7, 11) is 2.06. The van der Waals surface area contributed by atoms with E-state index in [-0.39, 0.29) is 0 Å². The Morgan fingerprint density at radius 2 is 2.33 bits per heavy atom. The van der Waals surface area contributed by atoms with Crippen LogP contribution in [0.25, 0.3) is 0 Å². The van der Waals surface area contributed by atoms with Crippen LogP contribution < -0.4 is 16.0 Å². The Bertz CT molecular complexity index is 389. The van der Waals surface area contributed by atoms with Gasteiger partial charge in [-0.25, -0.2) is 4.79 Å². The van der Waals surface area contributed by atoms with Gasteiger partial charge >= 0.3 is 6.03 Å². The zero-order valence-corrected chi connectivity index (χ0v) is 8.79. The molecular formula is C11H15N3O. The van der Waals surface area contributed by atoms with Gasteiger partial charge in [-0.1, -0.05) is 6.07 Å². The van der Waals surface area contributed by atoms with Crippen molar-refractivity contribution in [3.8, 4) is 0 Å². The molecule has 0 bridgehead atoms. The fraction of sp³-hybridized carbons (Fsp3) is 0.364. The molecule has 3 N–H and O–H groups in total. The summed E-state index contributed by atoms with van der Waals surface area (Å²) in [6, 6.07) is 5.39. The number of nitrogens with zero attached hydrogens (tertiary/aromatic N) is 1. The normalized spacial score (nSPS) is 14.6. The second-order valence-electron chi connectivity index (χ2n) is 3.86. The number of benzene rings is 1. The maximum atomic E-state index is 10.7. The van der Waals surface area contributed by atoms with E-state index in [1.54, 1.807) is 0 Å². The lowest BCUT2D eigenvalue weighted by Crippen LogP contribution is -2.25. The molecule has 1 aliphatic rings. The van der Waals surface area contributed by atoms with Gasteiger partial charge in [-0.2, -0.15) is 0 Å². The van der Waals surface area contributed by atoms with E-state index in [1.807, 2.05) is 12.1 Å². The number of urea groups is 1. The van der Waals surface area contributed by atoms with Crippen molar-refractivity contribution in [2.24, 2.45) is 5.73 Å². The monoisotopic (exact) mass is 205 g/mol. The number of nitrogens with two attached hydrogens (primary N) is 1. The lowest BCUT2D eigenvalue weighted by atomic mass is 10.0. The standard InChI is InChI=1S/C11H15N3O/c1-14-6-2-3-8-4-5-9(7-10(8)14)13-11(12)15/h4-5,7H,2-3,6H2,1H3,(H3,12,13,15). The highest BCUT2D eigenvalue weighted by molar-refractivity contribution is 5.88. The first-order valence-electron chi connectivity index (χ1n) is 5.07. The molecule has 1 aromatic rings. The van der Waals surface area contributed by atoms with Crippen molar-refractivity contribution < 1.29 is 4.79 Å². The third-order valence-corrected chi connectivity index (χ3v) is 2.70. The predicted molar refractivity (Wildman–Crippen MR) is 61.2 cm³/mol. The number of rotatable bonds is 1. The average molecular weight is 205 g/mol. The first-order valence-corrected chi connectivity index (χ1v) is 5.07. The number of hydrogen-bond acceptors (Lipinski definition) is 2. The smallest absolute Gasteiger partial charge is 0.316 e. The van der Waals surface area contributed by atoms with Crippen LogP contribution in [0.4, 0.5) is 16.2 Å². The fourth-order valence-electron chi connectivity index (χ4n) is 1.98. The number of nitrogens with one attached hydrogen (secondary N) is 1. The number of primary amides is 1. The van der Waals surface area contributed by atoms with E-state index < -0.39 is 6.03 Å². The summed E-state index contributed by atoms with van der Waals surface area (Å²) in [6.07, 6.45) is 2.29. The summed E-state index contributed by atoms with van der Waals surface area (Å²) in [5.41, 5.74) is 8.35. The molecule has 1 aliphatic heterocycles. The molecule has 4 nitrogen and oxygen atoms in total. The molecule has 0 spiro atoms. The van der Waals surface area contributed by atoms with Crippen LogP contribution in [0, 0.1) is 0 Å². The van der Waals surface area contributed by atoms with Crippen LogP contribution in [-0.2, 0) is 6.42 Å². The number of amides is 2. The second kappa shape index (κ2) is 3.81. The summed E-state index contributed by atoms with van der Waals surface area (Å²) in [6.45, 7) is 1.06. The van der Waals surface area contributed by atoms with Crippen LogP contribution in [0.3, 0.4) is 0 Å². The van der Waals surface area contributed by atoms with Crippen molar-refractivity contribution in [2.75, 3.05) is 23.8 Å². The lowest BCUT2D eigenvalue weighted by Gasteiger charge is -2.27. The summed E-state index contributed by atoms with van der Waals surface area (Å²) < 4.78 is 0. The topological polar surface area (TPSA) is 58.4 Å². The summed E-state index contributed by atoms with van der Waals surface area (Å²) in [5, 5.41) is 2.59. The van der Waals surface area contributed by atoms with E-state index in [4.69, 9.17) is 5.73 Å². The molecule has 1 heterocycles. The van der Waals surface area contributed by atoms with Crippen molar-refractivity contribution in [2.45, 2.75) is 12.8 Å². The minimum absolute atomic E-state index is 0.520. The van der Waals surface area contributed by atoms with Crippen molar-refractivity contribution in [3.63, 3.8) is 0 Å². The molecule has 15 heavy (non-hydrogen) atoms. The number of anilines is 2. The molecule has 0 aliphatic carbocycles. The summed E-state index contributed by atoms with van der Waals surface area (Å²) >= 11 is 0. The largest absolute Gasteiger partial charge is 0.374 e. The third kappa shape index (κ3) is 2.03. The summed E-state index contributed by atoms with van der Waals surface area (Å²) in [4.78, 5) is 12.9. The van der Waals surface area contributed by atoms with Gasteiger partial charge in [0.05, 0.1) is 0 Å². The number of carbonyl (C=O) groups excluding carboxylic acids is 1. The molecule has 0 radical (unpaired) electrons. The zero-order chi connectivity index (χ0) is 10.8. The average Bonchev–Trinajstić information content (AvgIpc) is 2.18. The van der Waals surface area contributed by atoms with E-state index in [0.717, 1.165) is 18.7 Å². The Morgan fingerprint density at radius 1 is 1.53 bits per heavy atom. The lowest BCUT2D eigenvalue weighted by molar-refractivity contribution is 0.259. The molecule has 0 aromatic heterocycles. The number of aryl methyl sites for hydroxylation is 1. The van der Waals surface area contributed by atoms with Crippen LogP contribution in [0.15, 0.2) is 18.2 Å². The number of carbonyl (C=O) groups is 1. The van der Waals surface area contributed by atoms with Crippen LogP contribution in [0.5, 0.6) is 0 Å². The maximum absolute atomic E-state index is 10.7. The Balaban J connectivity index is 2.31. The molecule has 80 valence electrons. The first-order chi connectivity index (χ1) is 7.16. The molecule has 2 rings (SSSR count). The van der Waals surface area contributed by atoms with Crippen LogP contribution >= 0.6 is 0 Å². The van der Waals surface area contributed by atoms with E-state index >= 15 is 0 Å². The molecule has 1 aromatic carbocycles. The van der Waals surface area contributed by atoms with Crippen LogP contribution in [0.2, 0.25) is 0 Å². The van der Waals surface area contributed by atoms with Crippen molar-refractivity contribution >= 4 is 17.4 Å². The summed E-state index contributed by atoms with van der Waals surface area (Å²) in [5.74, 6) is 0. The van der Waals surface area contributed by atoms with Gasteiger partial charge < -0.3 is 16.0 Å². The van der Waals surface area contributed by atoms with Gasteiger partial charge in [-0.15, -0.1) is 0 Å². The Morgan fingerprint density at radius 3 is 3.07 bits per heavy atom. The minimum Gasteiger partial charge on any atom is -0.374 e. The van der Waals surface area contributed by atoms with Crippen LogP contribution in [-0.4, -0.2) is 19.6 Å².